The number of nitrogens with zero attached hydrogens (tertiary/aromatic N) is 4. The summed E-state index contributed by atoms with van der Waals surface area (Å²) >= 11 is 2.27. The Bertz CT molecular complexity index is 419. The highest BCUT2D eigenvalue weighted by Crippen LogP contribution is 2.04. The lowest BCUT2D eigenvalue weighted by Gasteiger charge is -1.92. The van der Waals surface area contributed by atoms with Gasteiger partial charge < -0.3 is 0 Å². The topological polar surface area (TPSA) is 43.1 Å². The second-order valence-electron chi connectivity index (χ2n) is 2.64. The number of hydrogen-bond donors (Lipinski definition) is 0. The number of aromatic nitrogens is 3. The van der Waals surface area contributed by atoms with Crippen molar-refractivity contribution in [1.82, 2.24) is 14.9 Å². The van der Waals surface area contributed by atoms with Crippen LogP contribution in [0.25, 0.3) is 0 Å². The van der Waals surface area contributed by atoms with Crippen molar-refractivity contribution < 1.29 is 0 Å². The first-order valence-corrected chi connectivity index (χ1v) is 5.07. The normalized spacial score (nSPS) is 10.9. The van der Waals surface area contributed by atoms with Crippen LogP contribution in [-0.2, 0) is 0 Å². The van der Waals surface area contributed by atoms with Gasteiger partial charge in [0.2, 0.25) is 0 Å². The van der Waals surface area contributed by atoms with Crippen LogP contribution in [0, 0.1) is 3.57 Å². The van der Waals surface area contributed by atoms with Crippen LogP contribution in [0.1, 0.15) is 5.56 Å². The summed E-state index contributed by atoms with van der Waals surface area (Å²) in [6.07, 6.45) is 4.85. The second-order valence-corrected chi connectivity index (χ2v) is 3.88. The Morgan fingerprint density at radius 2 is 1.79 bits per heavy atom. The van der Waals surface area contributed by atoms with Crippen LogP contribution in [0.4, 0.5) is 0 Å². The molecule has 2 rings (SSSR count). The lowest BCUT2D eigenvalue weighted by atomic mass is 10.2. The first kappa shape index (κ1) is 9.32. The highest BCUT2D eigenvalue weighted by Gasteiger charge is 1.88. The van der Waals surface area contributed by atoms with Crippen molar-refractivity contribution >= 4 is 28.8 Å². The van der Waals surface area contributed by atoms with Crippen LogP contribution >= 0.6 is 22.6 Å². The van der Waals surface area contributed by atoms with Gasteiger partial charge in [-0.05, 0) is 40.3 Å². The Morgan fingerprint density at radius 3 is 2.43 bits per heavy atom. The monoisotopic (exact) mass is 298 g/mol. The summed E-state index contributed by atoms with van der Waals surface area (Å²) in [7, 11) is 0. The SMILES string of the molecule is Ic1ccc(/C=N\n2cnnc2)cc1. The molecule has 1 aromatic heterocycles. The van der Waals surface area contributed by atoms with Crippen LogP contribution in [0.2, 0.25) is 0 Å². The zero-order chi connectivity index (χ0) is 9.80. The molecule has 0 fully saturated rings. The van der Waals surface area contributed by atoms with Crippen molar-refractivity contribution in [3.63, 3.8) is 0 Å². The molecule has 0 saturated carbocycles. The Kier molecular flexibility index (Phi) is 2.87. The van der Waals surface area contributed by atoms with Gasteiger partial charge in [0, 0.05) is 3.57 Å². The third-order valence-electron chi connectivity index (χ3n) is 1.62. The Balaban J connectivity index is 2.15. The van der Waals surface area contributed by atoms with Gasteiger partial charge in [-0.15, -0.1) is 10.2 Å². The van der Waals surface area contributed by atoms with Gasteiger partial charge in [-0.3, -0.25) is 0 Å². The van der Waals surface area contributed by atoms with Crippen molar-refractivity contribution in [3.8, 4) is 0 Å². The van der Waals surface area contributed by atoms with E-state index in [2.05, 4.69) is 37.9 Å². The standard InChI is InChI=1S/C9H7IN4/c10-9-3-1-8(2-4-9)5-13-14-6-11-12-7-14/h1-7H/b13-5-. The van der Waals surface area contributed by atoms with E-state index in [4.69, 9.17) is 0 Å². The summed E-state index contributed by atoms with van der Waals surface area (Å²) in [5.74, 6) is 0. The van der Waals surface area contributed by atoms with E-state index in [1.54, 1.807) is 23.5 Å². The maximum Gasteiger partial charge on any atom is 0.141 e. The van der Waals surface area contributed by atoms with E-state index >= 15 is 0 Å². The fraction of sp³-hybridized carbons (Fsp3) is 0. The highest BCUT2D eigenvalue weighted by atomic mass is 127. The lowest BCUT2D eigenvalue weighted by Crippen LogP contribution is -1.86. The molecule has 0 amide bonds. The van der Waals surface area contributed by atoms with Crippen LogP contribution in [-0.4, -0.2) is 21.1 Å². The maximum atomic E-state index is 4.13. The van der Waals surface area contributed by atoms with Crippen molar-refractivity contribution in [3.05, 3.63) is 46.1 Å². The van der Waals surface area contributed by atoms with Gasteiger partial charge >= 0.3 is 0 Å². The molecule has 0 N–H and O–H groups in total. The molecule has 14 heavy (non-hydrogen) atoms. The lowest BCUT2D eigenvalue weighted by molar-refractivity contribution is 0.878. The molecule has 1 heterocycles. The molecule has 0 spiro atoms. The zero-order valence-electron chi connectivity index (χ0n) is 7.21. The van der Waals surface area contributed by atoms with Gasteiger partial charge in [0.25, 0.3) is 0 Å². The van der Waals surface area contributed by atoms with Gasteiger partial charge in [0.05, 0.1) is 6.21 Å². The van der Waals surface area contributed by atoms with Crippen molar-refractivity contribution in [1.29, 1.82) is 0 Å². The predicted octanol–water partition coefficient (Wildman–Crippen LogP) is 1.76. The molecule has 0 unspecified atom stereocenters. The Hall–Kier alpha value is -1.24. The van der Waals surface area contributed by atoms with Crippen molar-refractivity contribution in [2.75, 3.05) is 0 Å². The average molecular weight is 298 g/mol. The molecule has 0 radical (unpaired) electrons. The van der Waals surface area contributed by atoms with Crippen LogP contribution in [0.15, 0.2) is 42.0 Å². The molecule has 2 aromatic rings. The van der Waals surface area contributed by atoms with Crippen LogP contribution in [0.3, 0.4) is 0 Å². The Morgan fingerprint density at radius 1 is 1.14 bits per heavy atom. The minimum atomic E-state index is 1.05. The minimum absolute atomic E-state index is 1.05. The van der Waals surface area contributed by atoms with Gasteiger partial charge in [-0.1, -0.05) is 12.1 Å². The van der Waals surface area contributed by atoms with E-state index in [1.807, 2.05) is 24.3 Å². The molecular formula is C9H7IN4. The second kappa shape index (κ2) is 4.32. The first-order valence-electron chi connectivity index (χ1n) is 3.99. The minimum Gasteiger partial charge on any atom is -0.208 e. The predicted molar refractivity (Wildman–Crippen MR) is 62.2 cm³/mol. The van der Waals surface area contributed by atoms with Crippen molar-refractivity contribution in [2.24, 2.45) is 5.10 Å². The van der Waals surface area contributed by atoms with Gasteiger partial charge in [0.15, 0.2) is 0 Å². The summed E-state index contributed by atoms with van der Waals surface area (Å²) in [5, 5.41) is 11.4. The molecule has 5 heteroatoms. The number of halogens is 1. The average Bonchev–Trinajstić information content (AvgIpc) is 2.70. The summed E-state index contributed by atoms with van der Waals surface area (Å²) in [6.45, 7) is 0. The summed E-state index contributed by atoms with van der Waals surface area (Å²) in [5.41, 5.74) is 1.05. The van der Waals surface area contributed by atoms with E-state index in [-0.39, 0.29) is 0 Å². The van der Waals surface area contributed by atoms with E-state index in [0.717, 1.165) is 5.56 Å². The maximum absolute atomic E-state index is 4.13. The number of benzene rings is 1. The fourth-order valence-electron chi connectivity index (χ4n) is 0.937. The summed E-state index contributed by atoms with van der Waals surface area (Å²) in [4.78, 5) is 0. The molecule has 0 bridgehead atoms. The van der Waals surface area contributed by atoms with E-state index in [9.17, 15) is 0 Å². The molecule has 1 aromatic carbocycles. The molecule has 0 aliphatic rings. The van der Waals surface area contributed by atoms with Crippen LogP contribution < -0.4 is 0 Å². The molecule has 70 valence electrons. The van der Waals surface area contributed by atoms with Gasteiger partial charge in [0.1, 0.15) is 12.7 Å². The zero-order valence-corrected chi connectivity index (χ0v) is 9.37. The van der Waals surface area contributed by atoms with Gasteiger partial charge in [-0.25, -0.2) is 4.68 Å². The molecule has 0 aliphatic heterocycles. The number of hydrogen-bond acceptors (Lipinski definition) is 3. The third-order valence-corrected chi connectivity index (χ3v) is 2.34. The largest absolute Gasteiger partial charge is 0.208 e. The third kappa shape index (κ3) is 2.38. The molecule has 0 aliphatic carbocycles. The quantitative estimate of drug-likeness (QED) is 0.626. The summed E-state index contributed by atoms with van der Waals surface area (Å²) < 4.78 is 2.77. The van der Waals surface area contributed by atoms with Crippen LogP contribution in [0.5, 0.6) is 0 Å². The first-order chi connectivity index (χ1) is 6.84. The van der Waals surface area contributed by atoms with E-state index in [1.165, 1.54) is 3.57 Å². The molecule has 0 atom stereocenters. The van der Waals surface area contributed by atoms with Gasteiger partial charge in [-0.2, -0.15) is 5.10 Å². The van der Waals surface area contributed by atoms with Crippen molar-refractivity contribution in [2.45, 2.75) is 0 Å². The summed E-state index contributed by atoms with van der Waals surface area (Å²) in [6, 6.07) is 8.09. The highest BCUT2D eigenvalue weighted by molar-refractivity contribution is 14.1. The Labute approximate surface area is 94.8 Å². The van der Waals surface area contributed by atoms with E-state index in [0.29, 0.717) is 0 Å². The molecular weight excluding hydrogens is 291 g/mol. The molecule has 4 nitrogen and oxygen atoms in total. The molecule has 0 saturated heterocycles. The number of rotatable bonds is 2. The fourth-order valence-corrected chi connectivity index (χ4v) is 1.30. The smallest absolute Gasteiger partial charge is 0.141 e. The van der Waals surface area contributed by atoms with E-state index < -0.39 is 0 Å².